The van der Waals surface area contributed by atoms with Crippen LogP contribution in [-0.2, 0) is 4.79 Å². The zero-order valence-corrected chi connectivity index (χ0v) is 14.1. The highest BCUT2D eigenvalue weighted by Gasteiger charge is 2.24. The summed E-state index contributed by atoms with van der Waals surface area (Å²) in [6.07, 6.45) is 1.57. The van der Waals surface area contributed by atoms with Crippen molar-refractivity contribution < 1.29 is 4.79 Å². The molecule has 0 bridgehead atoms. The van der Waals surface area contributed by atoms with E-state index >= 15 is 0 Å². The van der Waals surface area contributed by atoms with Crippen molar-refractivity contribution in [3.8, 4) is 0 Å². The van der Waals surface area contributed by atoms with Crippen molar-refractivity contribution in [2.75, 3.05) is 50.7 Å². The molecule has 23 heavy (non-hydrogen) atoms. The van der Waals surface area contributed by atoms with E-state index in [0.29, 0.717) is 6.42 Å². The van der Waals surface area contributed by atoms with Crippen LogP contribution >= 0.6 is 0 Å². The lowest BCUT2D eigenvalue weighted by molar-refractivity contribution is -0.130. The van der Waals surface area contributed by atoms with Crippen molar-refractivity contribution in [1.82, 2.24) is 9.80 Å². The van der Waals surface area contributed by atoms with Crippen LogP contribution in [0, 0.1) is 6.92 Å². The molecule has 1 aromatic rings. The minimum absolute atomic E-state index is 0.178. The second kappa shape index (κ2) is 7.32. The lowest BCUT2D eigenvalue weighted by Crippen LogP contribution is -2.47. The third-order valence-corrected chi connectivity index (χ3v) is 4.96. The lowest BCUT2D eigenvalue weighted by atomic mass is 10.2. The van der Waals surface area contributed by atoms with E-state index in [-0.39, 0.29) is 11.9 Å². The maximum Gasteiger partial charge on any atom is 0.223 e. The number of hydrogen-bond donors (Lipinski definition) is 1. The molecule has 0 saturated carbocycles. The number of anilines is 1. The summed E-state index contributed by atoms with van der Waals surface area (Å²) in [5.41, 5.74) is 8.49. The largest absolute Gasteiger partial charge is 0.369 e. The topological polar surface area (TPSA) is 52.8 Å². The summed E-state index contributed by atoms with van der Waals surface area (Å²) in [5, 5.41) is 0. The Bertz CT molecular complexity index is 540. The van der Waals surface area contributed by atoms with Gasteiger partial charge in [0, 0.05) is 64.0 Å². The summed E-state index contributed by atoms with van der Waals surface area (Å²) in [7, 11) is 0. The molecule has 0 unspecified atom stereocenters. The first-order valence-electron chi connectivity index (χ1n) is 8.69. The molecule has 2 aliphatic heterocycles. The van der Waals surface area contributed by atoms with Gasteiger partial charge in [-0.3, -0.25) is 9.69 Å². The Morgan fingerprint density at radius 2 is 2.00 bits per heavy atom. The van der Waals surface area contributed by atoms with Crippen LogP contribution in [0.3, 0.4) is 0 Å². The van der Waals surface area contributed by atoms with Crippen LogP contribution < -0.4 is 10.6 Å². The van der Waals surface area contributed by atoms with E-state index in [0.717, 1.165) is 52.2 Å². The Morgan fingerprint density at radius 1 is 1.22 bits per heavy atom. The van der Waals surface area contributed by atoms with Crippen LogP contribution in [0.1, 0.15) is 18.4 Å². The molecule has 1 atom stereocenters. The molecule has 1 amide bonds. The minimum atomic E-state index is 0.178. The van der Waals surface area contributed by atoms with Crippen molar-refractivity contribution in [3.63, 3.8) is 0 Å². The number of hydrogen-bond acceptors (Lipinski definition) is 4. The molecule has 1 aromatic carbocycles. The van der Waals surface area contributed by atoms with Crippen LogP contribution in [-0.4, -0.2) is 67.6 Å². The quantitative estimate of drug-likeness (QED) is 0.903. The number of piperazine rings is 1. The van der Waals surface area contributed by atoms with Crippen LogP contribution in [0.15, 0.2) is 24.3 Å². The molecule has 2 heterocycles. The molecule has 126 valence electrons. The van der Waals surface area contributed by atoms with Gasteiger partial charge in [0.25, 0.3) is 0 Å². The van der Waals surface area contributed by atoms with E-state index in [9.17, 15) is 4.79 Å². The van der Waals surface area contributed by atoms with Crippen molar-refractivity contribution >= 4 is 11.6 Å². The van der Waals surface area contributed by atoms with E-state index in [1.165, 1.54) is 11.3 Å². The Morgan fingerprint density at radius 3 is 2.65 bits per heavy atom. The van der Waals surface area contributed by atoms with E-state index in [1.807, 2.05) is 4.90 Å². The molecule has 2 fully saturated rings. The second-order valence-electron chi connectivity index (χ2n) is 6.81. The SMILES string of the molecule is Cc1cccc(N2CCN(CCC(=O)N3CC[C@H](N)C3)CC2)c1. The minimum Gasteiger partial charge on any atom is -0.369 e. The number of carbonyl (C=O) groups excluding carboxylic acids is 1. The third-order valence-electron chi connectivity index (χ3n) is 4.96. The first kappa shape index (κ1) is 16.3. The zero-order chi connectivity index (χ0) is 16.2. The molecular weight excluding hydrogens is 288 g/mol. The molecule has 0 radical (unpaired) electrons. The number of amides is 1. The Hall–Kier alpha value is -1.59. The molecule has 5 heteroatoms. The number of likely N-dealkylation sites (tertiary alicyclic amines) is 1. The van der Waals surface area contributed by atoms with E-state index < -0.39 is 0 Å². The van der Waals surface area contributed by atoms with E-state index in [1.54, 1.807) is 0 Å². The standard InChI is InChI=1S/C18H28N4O/c1-15-3-2-4-17(13-15)21-11-9-20(10-12-21)7-6-18(23)22-8-5-16(19)14-22/h2-4,13,16H,5-12,14,19H2,1H3/t16-/m0/s1. The average molecular weight is 316 g/mol. The Labute approximate surface area is 139 Å². The molecule has 5 nitrogen and oxygen atoms in total. The molecule has 2 N–H and O–H groups in total. The van der Waals surface area contributed by atoms with Gasteiger partial charge in [-0.15, -0.1) is 0 Å². The maximum atomic E-state index is 12.2. The Balaban J connectivity index is 1.42. The van der Waals surface area contributed by atoms with Crippen LogP contribution in [0.4, 0.5) is 5.69 Å². The number of benzene rings is 1. The van der Waals surface area contributed by atoms with Gasteiger partial charge in [0.2, 0.25) is 5.91 Å². The van der Waals surface area contributed by atoms with Gasteiger partial charge in [-0.1, -0.05) is 12.1 Å². The Kier molecular flexibility index (Phi) is 5.18. The van der Waals surface area contributed by atoms with Crippen molar-refractivity contribution in [2.45, 2.75) is 25.8 Å². The summed E-state index contributed by atoms with van der Waals surface area (Å²) in [6, 6.07) is 8.86. The molecule has 2 saturated heterocycles. The first-order valence-corrected chi connectivity index (χ1v) is 8.69. The van der Waals surface area contributed by atoms with Gasteiger partial charge in [0.15, 0.2) is 0 Å². The first-order chi connectivity index (χ1) is 11.1. The van der Waals surface area contributed by atoms with Gasteiger partial charge < -0.3 is 15.5 Å². The summed E-state index contributed by atoms with van der Waals surface area (Å²) in [6.45, 7) is 8.70. The van der Waals surface area contributed by atoms with Crippen LogP contribution in [0.25, 0.3) is 0 Å². The highest BCUT2D eigenvalue weighted by Crippen LogP contribution is 2.18. The highest BCUT2D eigenvalue weighted by molar-refractivity contribution is 5.76. The predicted octanol–water partition coefficient (Wildman–Crippen LogP) is 1.07. The van der Waals surface area contributed by atoms with Crippen molar-refractivity contribution in [3.05, 3.63) is 29.8 Å². The number of nitrogens with zero attached hydrogens (tertiary/aromatic N) is 3. The fraction of sp³-hybridized carbons (Fsp3) is 0.611. The maximum absolute atomic E-state index is 12.2. The molecule has 0 aromatic heterocycles. The fourth-order valence-electron chi connectivity index (χ4n) is 3.48. The summed E-state index contributed by atoms with van der Waals surface area (Å²) in [4.78, 5) is 19.0. The van der Waals surface area contributed by atoms with Crippen LogP contribution in [0.5, 0.6) is 0 Å². The predicted molar refractivity (Wildman–Crippen MR) is 93.6 cm³/mol. The lowest BCUT2D eigenvalue weighted by Gasteiger charge is -2.36. The van der Waals surface area contributed by atoms with Gasteiger partial charge in [0.05, 0.1) is 0 Å². The average Bonchev–Trinajstić information content (AvgIpc) is 3.00. The molecule has 0 spiro atoms. The molecule has 0 aliphatic carbocycles. The fourth-order valence-corrected chi connectivity index (χ4v) is 3.48. The highest BCUT2D eigenvalue weighted by atomic mass is 16.2. The third kappa shape index (κ3) is 4.24. The number of nitrogens with two attached hydrogens (primary N) is 1. The number of rotatable bonds is 4. The van der Waals surface area contributed by atoms with Gasteiger partial charge in [-0.05, 0) is 31.0 Å². The second-order valence-corrected chi connectivity index (χ2v) is 6.81. The van der Waals surface area contributed by atoms with Gasteiger partial charge >= 0.3 is 0 Å². The van der Waals surface area contributed by atoms with Gasteiger partial charge in [-0.2, -0.15) is 0 Å². The normalized spacial score (nSPS) is 22.6. The monoisotopic (exact) mass is 316 g/mol. The summed E-state index contributed by atoms with van der Waals surface area (Å²) >= 11 is 0. The summed E-state index contributed by atoms with van der Waals surface area (Å²) in [5.74, 6) is 0.263. The van der Waals surface area contributed by atoms with Gasteiger partial charge in [0.1, 0.15) is 0 Å². The smallest absolute Gasteiger partial charge is 0.223 e. The van der Waals surface area contributed by atoms with Crippen LogP contribution in [0.2, 0.25) is 0 Å². The molecule has 3 rings (SSSR count). The summed E-state index contributed by atoms with van der Waals surface area (Å²) < 4.78 is 0. The zero-order valence-electron chi connectivity index (χ0n) is 14.1. The van der Waals surface area contributed by atoms with Crippen molar-refractivity contribution in [2.24, 2.45) is 5.73 Å². The molecule has 2 aliphatic rings. The number of aryl methyl sites for hydroxylation is 1. The molecular formula is C18H28N4O. The van der Waals surface area contributed by atoms with Crippen molar-refractivity contribution in [1.29, 1.82) is 0 Å². The van der Waals surface area contributed by atoms with E-state index in [4.69, 9.17) is 5.73 Å². The van der Waals surface area contributed by atoms with Gasteiger partial charge in [-0.25, -0.2) is 0 Å². The van der Waals surface area contributed by atoms with E-state index in [2.05, 4.69) is 41.0 Å². The number of carbonyl (C=O) groups is 1.